The summed E-state index contributed by atoms with van der Waals surface area (Å²) in [7, 11) is 1.86. The predicted octanol–water partition coefficient (Wildman–Crippen LogP) is 3.79. The first-order chi connectivity index (χ1) is 9.95. The van der Waals surface area contributed by atoms with Gasteiger partial charge in [0, 0.05) is 18.8 Å². The van der Waals surface area contributed by atoms with Gasteiger partial charge in [0.25, 0.3) is 0 Å². The first kappa shape index (κ1) is 15.0. The summed E-state index contributed by atoms with van der Waals surface area (Å²) in [6.07, 6.45) is 0. The Labute approximate surface area is 124 Å². The summed E-state index contributed by atoms with van der Waals surface area (Å²) in [4.78, 5) is 1.88. The Morgan fingerprint density at radius 1 is 1.24 bits per heavy atom. The van der Waals surface area contributed by atoms with E-state index in [0.717, 1.165) is 11.4 Å². The average Bonchev–Trinajstić information content (AvgIpc) is 2.48. The number of hydrogen-bond acceptors (Lipinski definition) is 3. The molecule has 0 heterocycles. The first-order valence-corrected chi connectivity index (χ1v) is 6.74. The molecule has 21 heavy (non-hydrogen) atoms. The highest BCUT2D eigenvalue weighted by Gasteiger charge is 2.17. The maximum Gasteiger partial charge on any atom is 0.126 e. The molecule has 0 aliphatic rings. The SMILES string of the molecule is Cc1cc(N(C)c2ccccc2C#N)c([C@H](C)N)cc1F. The normalized spacial score (nSPS) is 11.8. The number of benzene rings is 2. The Morgan fingerprint density at radius 3 is 2.52 bits per heavy atom. The minimum atomic E-state index is -0.299. The van der Waals surface area contributed by atoms with E-state index in [4.69, 9.17) is 5.73 Å². The van der Waals surface area contributed by atoms with E-state index in [1.165, 1.54) is 6.07 Å². The van der Waals surface area contributed by atoms with Crippen LogP contribution in [0.3, 0.4) is 0 Å². The van der Waals surface area contributed by atoms with Crippen LogP contribution >= 0.6 is 0 Å². The van der Waals surface area contributed by atoms with E-state index in [1.54, 1.807) is 19.1 Å². The van der Waals surface area contributed by atoms with Crippen LogP contribution in [0.2, 0.25) is 0 Å². The lowest BCUT2D eigenvalue weighted by molar-refractivity contribution is 0.613. The van der Waals surface area contributed by atoms with E-state index in [0.29, 0.717) is 16.7 Å². The second-order valence-corrected chi connectivity index (χ2v) is 5.14. The molecule has 2 rings (SSSR count). The van der Waals surface area contributed by atoms with Crippen molar-refractivity contribution < 1.29 is 4.39 Å². The Balaban J connectivity index is 2.60. The third-order valence-electron chi connectivity index (χ3n) is 3.55. The van der Waals surface area contributed by atoms with E-state index in [1.807, 2.05) is 37.1 Å². The largest absolute Gasteiger partial charge is 0.343 e. The van der Waals surface area contributed by atoms with Crippen LogP contribution in [-0.2, 0) is 0 Å². The van der Waals surface area contributed by atoms with Crippen molar-refractivity contribution in [1.82, 2.24) is 0 Å². The molecule has 0 saturated heterocycles. The lowest BCUT2D eigenvalue weighted by atomic mass is 10.0. The molecule has 2 aromatic rings. The zero-order valence-corrected chi connectivity index (χ0v) is 12.4. The highest BCUT2D eigenvalue weighted by molar-refractivity contribution is 5.71. The molecule has 0 saturated carbocycles. The van der Waals surface area contributed by atoms with Crippen LogP contribution in [0.1, 0.15) is 29.7 Å². The number of nitrogens with zero attached hydrogens (tertiary/aromatic N) is 2. The monoisotopic (exact) mass is 283 g/mol. The molecule has 4 heteroatoms. The molecule has 0 fully saturated rings. The van der Waals surface area contributed by atoms with Gasteiger partial charge in [0.2, 0.25) is 0 Å². The molecule has 3 nitrogen and oxygen atoms in total. The van der Waals surface area contributed by atoms with E-state index in [2.05, 4.69) is 6.07 Å². The van der Waals surface area contributed by atoms with E-state index < -0.39 is 0 Å². The van der Waals surface area contributed by atoms with Crippen LogP contribution in [0.25, 0.3) is 0 Å². The van der Waals surface area contributed by atoms with Gasteiger partial charge < -0.3 is 10.6 Å². The average molecular weight is 283 g/mol. The van der Waals surface area contributed by atoms with E-state index in [9.17, 15) is 9.65 Å². The van der Waals surface area contributed by atoms with Crippen LogP contribution in [0.15, 0.2) is 36.4 Å². The van der Waals surface area contributed by atoms with E-state index >= 15 is 0 Å². The lowest BCUT2D eigenvalue weighted by Crippen LogP contribution is -2.17. The summed E-state index contributed by atoms with van der Waals surface area (Å²) in [5.41, 5.74) is 9.38. The van der Waals surface area contributed by atoms with Crippen LogP contribution in [0.5, 0.6) is 0 Å². The maximum atomic E-state index is 13.8. The quantitative estimate of drug-likeness (QED) is 0.932. The number of nitriles is 1. The molecule has 0 bridgehead atoms. The Morgan fingerprint density at radius 2 is 1.90 bits per heavy atom. The molecule has 0 spiro atoms. The van der Waals surface area contributed by atoms with Crippen molar-refractivity contribution in [1.29, 1.82) is 5.26 Å². The van der Waals surface area contributed by atoms with Crippen LogP contribution < -0.4 is 10.6 Å². The molecule has 0 radical (unpaired) electrons. The fraction of sp³-hybridized carbons (Fsp3) is 0.235. The van der Waals surface area contributed by atoms with Gasteiger partial charge in [-0.05, 0) is 49.2 Å². The van der Waals surface area contributed by atoms with Crippen molar-refractivity contribution >= 4 is 11.4 Å². The van der Waals surface area contributed by atoms with Crippen molar-refractivity contribution in [3.63, 3.8) is 0 Å². The van der Waals surface area contributed by atoms with Gasteiger partial charge in [0.15, 0.2) is 0 Å². The molecular weight excluding hydrogens is 265 g/mol. The number of rotatable bonds is 3. The molecule has 2 aromatic carbocycles. The molecule has 2 N–H and O–H groups in total. The molecule has 0 aliphatic heterocycles. The summed E-state index contributed by atoms with van der Waals surface area (Å²) in [5.74, 6) is -0.270. The second kappa shape index (κ2) is 5.94. The number of aryl methyl sites for hydroxylation is 1. The fourth-order valence-electron chi connectivity index (χ4n) is 2.33. The standard InChI is InChI=1S/C17H18FN3/c1-11-8-17(14(12(2)20)9-15(11)18)21(3)16-7-5-4-6-13(16)10-19/h4-9,12H,20H2,1-3H3/t12-/m0/s1. The maximum absolute atomic E-state index is 13.8. The Hall–Kier alpha value is -2.38. The van der Waals surface area contributed by atoms with Crippen LogP contribution in [0.4, 0.5) is 15.8 Å². The number of para-hydroxylation sites is 1. The summed E-state index contributed by atoms with van der Waals surface area (Å²) in [6, 6.07) is 12.4. The van der Waals surface area contributed by atoms with Gasteiger partial charge in [0.1, 0.15) is 11.9 Å². The molecule has 0 aliphatic carbocycles. The molecular formula is C17H18FN3. The van der Waals surface area contributed by atoms with Gasteiger partial charge in [-0.1, -0.05) is 12.1 Å². The smallest absolute Gasteiger partial charge is 0.126 e. The zero-order valence-electron chi connectivity index (χ0n) is 12.4. The van der Waals surface area contributed by atoms with E-state index in [-0.39, 0.29) is 11.9 Å². The summed E-state index contributed by atoms with van der Waals surface area (Å²) in [5, 5.41) is 9.23. The third-order valence-corrected chi connectivity index (χ3v) is 3.55. The van der Waals surface area contributed by atoms with Crippen molar-refractivity contribution in [3.8, 4) is 6.07 Å². The van der Waals surface area contributed by atoms with Crippen molar-refractivity contribution in [2.75, 3.05) is 11.9 Å². The highest BCUT2D eigenvalue weighted by atomic mass is 19.1. The molecule has 0 amide bonds. The van der Waals surface area contributed by atoms with Crippen LogP contribution in [0, 0.1) is 24.1 Å². The number of halogens is 1. The van der Waals surface area contributed by atoms with Gasteiger partial charge in [0.05, 0.1) is 11.3 Å². The van der Waals surface area contributed by atoms with Crippen molar-refractivity contribution in [2.24, 2.45) is 5.73 Å². The van der Waals surface area contributed by atoms with Crippen LogP contribution in [-0.4, -0.2) is 7.05 Å². The fourth-order valence-corrected chi connectivity index (χ4v) is 2.33. The first-order valence-electron chi connectivity index (χ1n) is 6.74. The van der Waals surface area contributed by atoms with Crippen molar-refractivity contribution in [2.45, 2.75) is 19.9 Å². The highest BCUT2D eigenvalue weighted by Crippen LogP contribution is 2.33. The summed E-state index contributed by atoms with van der Waals surface area (Å²) in [6.45, 7) is 3.53. The molecule has 1 atom stereocenters. The molecule has 108 valence electrons. The van der Waals surface area contributed by atoms with Gasteiger partial charge in [-0.2, -0.15) is 5.26 Å². The minimum absolute atomic E-state index is 0.270. The second-order valence-electron chi connectivity index (χ2n) is 5.14. The van der Waals surface area contributed by atoms with Gasteiger partial charge in [-0.3, -0.25) is 0 Å². The van der Waals surface area contributed by atoms with Gasteiger partial charge in [-0.25, -0.2) is 4.39 Å². The van der Waals surface area contributed by atoms with Gasteiger partial charge in [-0.15, -0.1) is 0 Å². The number of nitrogens with two attached hydrogens (primary N) is 1. The molecule has 0 aromatic heterocycles. The lowest BCUT2D eigenvalue weighted by Gasteiger charge is -2.25. The Bertz CT molecular complexity index is 702. The van der Waals surface area contributed by atoms with Gasteiger partial charge >= 0.3 is 0 Å². The molecule has 0 unspecified atom stereocenters. The minimum Gasteiger partial charge on any atom is -0.343 e. The summed E-state index contributed by atoms with van der Waals surface area (Å²) < 4.78 is 13.8. The number of anilines is 2. The zero-order chi connectivity index (χ0) is 15.6. The summed E-state index contributed by atoms with van der Waals surface area (Å²) >= 11 is 0. The Kier molecular flexibility index (Phi) is 4.25. The number of hydrogen-bond donors (Lipinski definition) is 1. The predicted molar refractivity (Wildman–Crippen MR) is 83.0 cm³/mol. The third kappa shape index (κ3) is 2.88. The van der Waals surface area contributed by atoms with Crippen molar-refractivity contribution in [3.05, 3.63) is 58.9 Å². The topological polar surface area (TPSA) is 53.0 Å².